The van der Waals surface area contributed by atoms with Crippen molar-refractivity contribution < 1.29 is 4.55 Å². The summed E-state index contributed by atoms with van der Waals surface area (Å²) in [7, 11) is 1.81. The largest absolute Gasteiger partial charge is 0.612 e. The topological polar surface area (TPSA) is 87.7 Å². The van der Waals surface area contributed by atoms with Crippen LogP contribution in [0.4, 0.5) is 11.4 Å². The van der Waals surface area contributed by atoms with Crippen molar-refractivity contribution in [2.45, 2.75) is 24.7 Å². The molecule has 1 aliphatic rings. The van der Waals surface area contributed by atoms with Gasteiger partial charge >= 0.3 is 0 Å². The second-order valence-corrected chi connectivity index (χ2v) is 9.20. The zero-order valence-corrected chi connectivity index (χ0v) is 18.7. The highest BCUT2D eigenvalue weighted by atomic mass is 32.2. The first-order chi connectivity index (χ1) is 14.9. The lowest BCUT2D eigenvalue weighted by Crippen LogP contribution is -2.22. The molecule has 8 nitrogen and oxygen atoms in total. The average Bonchev–Trinajstić information content (AvgIpc) is 3.34. The molecule has 0 aliphatic carbocycles. The van der Waals surface area contributed by atoms with Crippen LogP contribution in [-0.2, 0) is 18.2 Å². The van der Waals surface area contributed by atoms with Gasteiger partial charge in [-0.1, -0.05) is 13.0 Å². The normalized spacial score (nSPS) is 16.5. The lowest BCUT2D eigenvalue weighted by molar-refractivity contribution is 0.601. The SMILES string of the molecule is Cc1nnc2n1-c1ccc(-c3cnn(C)n3)cc1N(c1ccc([S+](C)[O-])cc1)CC2C. The molecule has 5 rings (SSSR count). The molecule has 31 heavy (non-hydrogen) atoms. The van der Waals surface area contributed by atoms with E-state index in [1.807, 2.05) is 38.2 Å². The summed E-state index contributed by atoms with van der Waals surface area (Å²) in [6, 6.07) is 14.2. The smallest absolute Gasteiger partial charge is 0.152 e. The van der Waals surface area contributed by atoms with E-state index in [4.69, 9.17) is 0 Å². The van der Waals surface area contributed by atoms with Gasteiger partial charge in [-0.2, -0.15) is 15.0 Å². The number of benzene rings is 2. The van der Waals surface area contributed by atoms with Gasteiger partial charge in [-0.15, -0.1) is 10.2 Å². The monoisotopic (exact) mass is 433 g/mol. The van der Waals surface area contributed by atoms with Gasteiger partial charge < -0.3 is 9.45 Å². The first kappa shape index (κ1) is 19.8. The van der Waals surface area contributed by atoms with Gasteiger partial charge in [0.25, 0.3) is 0 Å². The molecule has 158 valence electrons. The first-order valence-electron chi connectivity index (χ1n) is 10.1. The zero-order chi connectivity index (χ0) is 21.7. The fourth-order valence-corrected chi connectivity index (χ4v) is 4.60. The Labute approximate surface area is 183 Å². The van der Waals surface area contributed by atoms with Crippen molar-refractivity contribution in [1.29, 1.82) is 0 Å². The molecule has 9 heteroatoms. The summed E-state index contributed by atoms with van der Waals surface area (Å²) in [6.45, 7) is 4.88. The van der Waals surface area contributed by atoms with Crippen LogP contribution in [0.25, 0.3) is 16.9 Å². The minimum atomic E-state index is -1.01. The van der Waals surface area contributed by atoms with Crippen molar-refractivity contribution >= 4 is 22.6 Å². The summed E-state index contributed by atoms with van der Waals surface area (Å²) in [6.07, 6.45) is 3.46. The van der Waals surface area contributed by atoms with Crippen molar-refractivity contribution in [1.82, 2.24) is 29.8 Å². The summed E-state index contributed by atoms with van der Waals surface area (Å²) >= 11 is -1.01. The van der Waals surface area contributed by atoms with E-state index in [0.717, 1.165) is 51.4 Å². The summed E-state index contributed by atoms with van der Waals surface area (Å²) in [4.78, 5) is 4.66. The predicted octanol–water partition coefficient (Wildman–Crippen LogP) is 3.36. The van der Waals surface area contributed by atoms with Crippen molar-refractivity contribution in [3.05, 3.63) is 60.3 Å². The summed E-state index contributed by atoms with van der Waals surface area (Å²) < 4.78 is 14.0. The highest BCUT2D eigenvalue weighted by Gasteiger charge is 2.29. The molecule has 0 amide bonds. The molecule has 0 N–H and O–H groups in total. The molecule has 0 saturated heterocycles. The molecule has 2 unspecified atom stereocenters. The fourth-order valence-electron chi connectivity index (χ4n) is 4.08. The second kappa shape index (κ2) is 7.51. The maximum absolute atomic E-state index is 11.9. The molecule has 0 spiro atoms. The molecule has 0 fully saturated rings. The molecule has 0 saturated carbocycles. The van der Waals surface area contributed by atoms with Crippen molar-refractivity contribution in [2.24, 2.45) is 7.05 Å². The Morgan fingerprint density at radius 2 is 1.84 bits per heavy atom. The Bertz CT molecular complexity index is 1250. The zero-order valence-electron chi connectivity index (χ0n) is 17.9. The minimum Gasteiger partial charge on any atom is -0.612 e. The molecule has 2 atom stereocenters. The third-order valence-electron chi connectivity index (χ3n) is 5.63. The van der Waals surface area contributed by atoms with E-state index < -0.39 is 11.2 Å². The van der Waals surface area contributed by atoms with Crippen LogP contribution in [0.2, 0.25) is 0 Å². The number of nitrogens with zero attached hydrogens (tertiary/aromatic N) is 7. The molecule has 2 aromatic heterocycles. The number of rotatable bonds is 3. The summed E-state index contributed by atoms with van der Waals surface area (Å²) in [5.41, 5.74) is 4.92. The average molecular weight is 434 g/mol. The van der Waals surface area contributed by atoms with Crippen LogP contribution in [0.1, 0.15) is 24.5 Å². The fraction of sp³-hybridized carbons (Fsp3) is 0.273. The van der Waals surface area contributed by atoms with Crippen molar-refractivity contribution in [3.63, 3.8) is 0 Å². The third kappa shape index (κ3) is 3.39. The van der Waals surface area contributed by atoms with Crippen LogP contribution >= 0.6 is 0 Å². The highest BCUT2D eigenvalue weighted by molar-refractivity contribution is 7.90. The van der Waals surface area contributed by atoms with Gasteiger partial charge in [0.05, 0.1) is 17.6 Å². The first-order valence-corrected chi connectivity index (χ1v) is 11.6. The number of hydrogen-bond donors (Lipinski definition) is 0. The van der Waals surface area contributed by atoms with Gasteiger partial charge in [-0.3, -0.25) is 4.57 Å². The lowest BCUT2D eigenvalue weighted by atomic mass is 10.1. The molecule has 2 aromatic carbocycles. The molecule has 3 heterocycles. The number of anilines is 2. The van der Waals surface area contributed by atoms with Crippen LogP contribution < -0.4 is 4.90 Å². The quantitative estimate of drug-likeness (QED) is 0.461. The third-order valence-corrected chi connectivity index (χ3v) is 6.57. The summed E-state index contributed by atoms with van der Waals surface area (Å²) in [5.74, 6) is 1.96. The van der Waals surface area contributed by atoms with Crippen LogP contribution in [0.15, 0.2) is 53.6 Å². The van der Waals surface area contributed by atoms with Gasteiger partial charge in [0.1, 0.15) is 23.6 Å². The lowest BCUT2D eigenvalue weighted by Gasteiger charge is -2.27. The van der Waals surface area contributed by atoms with Gasteiger partial charge in [0.2, 0.25) is 0 Å². The van der Waals surface area contributed by atoms with Crippen LogP contribution in [0.3, 0.4) is 0 Å². The van der Waals surface area contributed by atoms with E-state index in [0.29, 0.717) is 0 Å². The van der Waals surface area contributed by atoms with Crippen molar-refractivity contribution in [2.75, 3.05) is 17.7 Å². The Balaban J connectivity index is 1.70. The van der Waals surface area contributed by atoms with Gasteiger partial charge in [-0.25, -0.2) is 0 Å². The predicted molar refractivity (Wildman–Crippen MR) is 120 cm³/mol. The molecular formula is C22H23N7OS. The van der Waals surface area contributed by atoms with Crippen LogP contribution in [-0.4, -0.2) is 47.1 Å². The van der Waals surface area contributed by atoms with E-state index in [9.17, 15) is 4.55 Å². The van der Waals surface area contributed by atoms with Gasteiger partial charge in [0.15, 0.2) is 4.90 Å². The van der Waals surface area contributed by atoms with E-state index >= 15 is 0 Å². The minimum absolute atomic E-state index is 0.161. The Morgan fingerprint density at radius 3 is 2.52 bits per heavy atom. The molecular weight excluding hydrogens is 410 g/mol. The standard InChI is InChI=1S/C22H23N7OS/c1-14-13-28(17-6-8-18(9-7-17)31(4)30)21-11-16(19-12-23-27(3)26-19)5-10-20(21)29-15(2)24-25-22(14)29/h5-12,14H,13H2,1-4H3. The number of hydrogen-bond acceptors (Lipinski definition) is 6. The van der Waals surface area contributed by atoms with Crippen LogP contribution in [0.5, 0.6) is 0 Å². The summed E-state index contributed by atoms with van der Waals surface area (Å²) in [5, 5.41) is 17.5. The Hall–Kier alpha value is -3.17. The van der Waals surface area contributed by atoms with E-state index in [2.05, 4.69) is 55.0 Å². The van der Waals surface area contributed by atoms with Crippen LogP contribution in [0, 0.1) is 6.92 Å². The van der Waals surface area contributed by atoms with E-state index in [-0.39, 0.29) is 5.92 Å². The van der Waals surface area contributed by atoms with Crippen molar-refractivity contribution in [3.8, 4) is 16.9 Å². The maximum atomic E-state index is 11.9. The Kier molecular flexibility index (Phi) is 4.79. The number of aromatic nitrogens is 6. The molecule has 0 bridgehead atoms. The molecule has 1 aliphatic heterocycles. The highest BCUT2D eigenvalue weighted by Crippen LogP contribution is 2.40. The van der Waals surface area contributed by atoms with E-state index in [1.165, 1.54) is 0 Å². The number of aryl methyl sites for hydroxylation is 2. The van der Waals surface area contributed by atoms with Gasteiger partial charge in [-0.05, 0) is 54.5 Å². The molecule has 0 radical (unpaired) electrons. The van der Waals surface area contributed by atoms with Gasteiger partial charge in [0, 0.05) is 30.8 Å². The van der Waals surface area contributed by atoms with E-state index in [1.54, 1.807) is 17.2 Å². The second-order valence-electron chi connectivity index (χ2n) is 7.82. The molecule has 4 aromatic rings. The number of fused-ring (bicyclic) bond motifs is 3. The maximum Gasteiger partial charge on any atom is 0.152 e. The Morgan fingerprint density at radius 1 is 1.06 bits per heavy atom.